The number of fused-ring (bicyclic) bond motifs is 1. The molecular formula is C24H27N3O3S. The van der Waals surface area contributed by atoms with E-state index in [4.69, 9.17) is 4.74 Å². The highest BCUT2D eigenvalue weighted by atomic mass is 32.2. The Labute approximate surface area is 184 Å². The highest BCUT2D eigenvalue weighted by Crippen LogP contribution is 2.38. The maximum atomic E-state index is 13.6. The molecule has 0 unspecified atom stereocenters. The molecule has 6 nitrogen and oxygen atoms in total. The predicted octanol–water partition coefficient (Wildman–Crippen LogP) is 4.53. The van der Waals surface area contributed by atoms with Crippen LogP contribution in [0.3, 0.4) is 0 Å². The first-order valence-electron chi connectivity index (χ1n) is 10.3. The molecule has 0 amide bonds. The van der Waals surface area contributed by atoms with Gasteiger partial charge < -0.3 is 9.64 Å². The molecule has 1 aliphatic rings. The number of benzene rings is 2. The van der Waals surface area contributed by atoms with Gasteiger partial charge in [0.2, 0.25) is 0 Å². The Hall–Kier alpha value is -3.06. The van der Waals surface area contributed by atoms with E-state index >= 15 is 0 Å². The monoisotopic (exact) mass is 437 g/mol. The molecule has 2 aromatic carbocycles. The van der Waals surface area contributed by atoms with E-state index in [0.717, 1.165) is 22.6 Å². The van der Waals surface area contributed by atoms with Crippen molar-refractivity contribution in [2.45, 2.75) is 24.7 Å². The van der Waals surface area contributed by atoms with Gasteiger partial charge in [-0.1, -0.05) is 32.0 Å². The normalized spacial score (nSPS) is 13.6. The lowest BCUT2D eigenvalue weighted by atomic mass is 10.0. The van der Waals surface area contributed by atoms with Crippen LogP contribution >= 0.6 is 0 Å². The Morgan fingerprint density at radius 2 is 1.81 bits per heavy atom. The van der Waals surface area contributed by atoms with Crippen molar-refractivity contribution in [1.82, 2.24) is 4.98 Å². The van der Waals surface area contributed by atoms with E-state index in [2.05, 4.69) is 18.8 Å². The maximum absolute atomic E-state index is 13.6. The van der Waals surface area contributed by atoms with E-state index in [-0.39, 0.29) is 12.5 Å². The van der Waals surface area contributed by atoms with Gasteiger partial charge in [-0.2, -0.15) is 0 Å². The first-order chi connectivity index (χ1) is 14.8. The van der Waals surface area contributed by atoms with Gasteiger partial charge in [0.05, 0.1) is 22.8 Å². The van der Waals surface area contributed by atoms with Gasteiger partial charge in [-0.3, -0.25) is 4.31 Å². The molecule has 0 aliphatic carbocycles. The molecule has 1 aromatic heterocycles. The molecule has 0 atom stereocenters. The van der Waals surface area contributed by atoms with Gasteiger partial charge in [0, 0.05) is 19.7 Å². The minimum Gasteiger partial charge on any atom is -0.489 e. The van der Waals surface area contributed by atoms with Gasteiger partial charge in [-0.25, -0.2) is 13.4 Å². The number of pyridine rings is 1. The van der Waals surface area contributed by atoms with Crippen molar-refractivity contribution in [3.8, 4) is 17.0 Å². The lowest BCUT2D eigenvalue weighted by Crippen LogP contribution is -2.38. The Kier molecular flexibility index (Phi) is 5.62. The molecule has 4 rings (SSSR count). The zero-order chi connectivity index (χ0) is 22.2. The number of rotatable bonds is 5. The molecule has 2 heterocycles. The van der Waals surface area contributed by atoms with Crippen LogP contribution in [0.1, 0.15) is 25.3 Å². The summed E-state index contributed by atoms with van der Waals surface area (Å²) in [6, 6.07) is 18.6. The van der Waals surface area contributed by atoms with Gasteiger partial charge in [0.15, 0.2) is 0 Å². The van der Waals surface area contributed by atoms with Crippen LogP contribution in [0, 0.1) is 0 Å². The minimum absolute atomic E-state index is 0.244. The van der Waals surface area contributed by atoms with Crippen molar-refractivity contribution in [2.24, 2.45) is 0 Å². The van der Waals surface area contributed by atoms with Crippen LogP contribution in [-0.4, -0.2) is 40.6 Å². The molecular weight excluding hydrogens is 410 g/mol. The summed E-state index contributed by atoms with van der Waals surface area (Å²) < 4.78 is 34.3. The average Bonchev–Trinajstić information content (AvgIpc) is 2.78. The standard InChI is InChI=1S/C24H27N3O3S/c1-17(2)18-7-5-8-20(15-18)31(28,29)27-13-14-30-23-12-11-19(16-22(23)27)21-9-6-10-24(25-21)26(3)4/h5-12,15-17H,13-14H2,1-4H3. The SMILES string of the molecule is CC(C)c1cccc(S(=O)(=O)N2CCOc3ccc(-c4cccc(N(C)C)n4)cc32)c1. The van der Waals surface area contributed by atoms with Crippen LogP contribution in [0.4, 0.5) is 11.5 Å². The highest BCUT2D eigenvalue weighted by molar-refractivity contribution is 7.92. The van der Waals surface area contributed by atoms with Gasteiger partial charge >= 0.3 is 0 Å². The molecule has 7 heteroatoms. The van der Waals surface area contributed by atoms with Gasteiger partial charge in [-0.15, -0.1) is 0 Å². The van der Waals surface area contributed by atoms with Crippen molar-refractivity contribution in [3.05, 3.63) is 66.2 Å². The van der Waals surface area contributed by atoms with E-state index in [1.165, 1.54) is 4.31 Å². The summed E-state index contributed by atoms with van der Waals surface area (Å²) in [5.41, 5.74) is 3.14. The van der Waals surface area contributed by atoms with Gasteiger partial charge in [0.1, 0.15) is 18.2 Å². The third-order valence-electron chi connectivity index (χ3n) is 5.38. The lowest BCUT2D eigenvalue weighted by molar-refractivity contribution is 0.316. The molecule has 0 saturated carbocycles. The Morgan fingerprint density at radius 3 is 2.55 bits per heavy atom. The number of ether oxygens (including phenoxy) is 1. The van der Waals surface area contributed by atoms with E-state index in [9.17, 15) is 8.42 Å². The molecule has 3 aromatic rings. The summed E-state index contributed by atoms with van der Waals surface area (Å²) in [7, 11) is 0.146. The average molecular weight is 438 g/mol. The summed E-state index contributed by atoms with van der Waals surface area (Å²) in [4.78, 5) is 6.91. The summed E-state index contributed by atoms with van der Waals surface area (Å²) in [6.45, 7) is 4.67. The second-order valence-corrected chi connectivity index (χ2v) is 9.97. The first kappa shape index (κ1) is 21.2. The van der Waals surface area contributed by atoms with E-state index in [0.29, 0.717) is 22.9 Å². The quantitative estimate of drug-likeness (QED) is 0.587. The fraction of sp³-hybridized carbons (Fsp3) is 0.292. The topological polar surface area (TPSA) is 62.7 Å². The van der Waals surface area contributed by atoms with Crippen LogP contribution in [-0.2, 0) is 10.0 Å². The van der Waals surface area contributed by atoms with Gasteiger partial charge in [-0.05, 0) is 53.9 Å². The van der Waals surface area contributed by atoms with E-state index in [1.807, 2.05) is 61.5 Å². The molecule has 0 fully saturated rings. The molecule has 1 aliphatic heterocycles. The second-order valence-electron chi connectivity index (χ2n) is 8.11. The smallest absolute Gasteiger partial charge is 0.264 e. The predicted molar refractivity (Wildman–Crippen MR) is 125 cm³/mol. The van der Waals surface area contributed by atoms with Crippen molar-refractivity contribution >= 4 is 21.5 Å². The molecule has 0 N–H and O–H groups in total. The summed E-state index contributed by atoms with van der Waals surface area (Å²) in [5, 5.41) is 0. The summed E-state index contributed by atoms with van der Waals surface area (Å²) >= 11 is 0. The van der Waals surface area contributed by atoms with E-state index < -0.39 is 10.0 Å². The minimum atomic E-state index is -3.73. The Morgan fingerprint density at radius 1 is 1.03 bits per heavy atom. The van der Waals surface area contributed by atoms with Crippen molar-refractivity contribution in [3.63, 3.8) is 0 Å². The van der Waals surface area contributed by atoms with Crippen LogP contribution in [0.15, 0.2) is 65.6 Å². The second kappa shape index (κ2) is 8.23. The number of nitrogens with zero attached hydrogens (tertiary/aromatic N) is 3. The lowest BCUT2D eigenvalue weighted by Gasteiger charge is -2.31. The van der Waals surface area contributed by atoms with Crippen LogP contribution in [0.2, 0.25) is 0 Å². The van der Waals surface area contributed by atoms with Crippen LogP contribution in [0.5, 0.6) is 5.75 Å². The third kappa shape index (κ3) is 4.10. The number of hydrogen-bond acceptors (Lipinski definition) is 5. The van der Waals surface area contributed by atoms with E-state index in [1.54, 1.807) is 18.2 Å². The van der Waals surface area contributed by atoms with Crippen molar-refractivity contribution in [1.29, 1.82) is 0 Å². The maximum Gasteiger partial charge on any atom is 0.264 e. The van der Waals surface area contributed by atoms with Gasteiger partial charge in [0.25, 0.3) is 10.0 Å². The fourth-order valence-corrected chi connectivity index (χ4v) is 5.10. The van der Waals surface area contributed by atoms with Crippen molar-refractivity contribution in [2.75, 3.05) is 36.5 Å². The van der Waals surface area contributed by atoms with Crippen LogP contribution < -0.4 is 13.9 Å². The number of sulfonamides is 1. The largest absolute Gasteiger partial charge is 0.489 e. The number of aromatic nitrogens is 1. The highest BCUT2D eigenvalue weighted by Gasteiger charge is 2.31. The zero-order valence-corrected chi connectivity index (χ0v) is 19.1. The third-order valence-corrected chi connectivity index (χ3v) is 7.19. The van der Waals surface area contributed by atoms with Crippen molar-refractivity contribution < 1.29 is 13.2 Å². The molecule has 31 heavy (non-hydrogen) atoms. The molecule has 0 radical (unpaired) electrons. The Balaban J connectivity index is 1.78. The number of hydrogen-bond donors (Lipinski definition) is 0. The summed E-state index contributed by atoms with van der Waals surface area (Å²) in [6.07, 6.45) is 0. The molecule has 0 spiro atoms. The summed E-state index contributed by atoms with van der Waals surface area (Å²) in [5.74, 6) is 1.64. The Bertz CT molecular complexity index is 1210. The molecule has 0 saturated heterocycles. The zero-order valence-electron chi connectivity index (χ0n) is 18.2. The first-order valence-corrected chi connectivity index (χ1v) is 11.8. The number of anilines is 2. The molecule has 162 valence electrons. The fourth-order valence-electron chi connectivity index (χ4n) is 3.60. The molecule has 0 bridgehead atoms. The van der Waals surface area contributed by atoms with Crippen LogP contribution in [0.25, 0.3) is 11.3 Å².